The van der Waals surface area contributed by atoms with E-state index in [1.54, 1.807) is 24.3 Å². The average Bonchev–Trinajstić information content (AvgIpc) is 2.56. The van der Waals surface area contributed by atoms with Gasteiger partial charge in [-0.1, -0.05) is 23.8 Å². The summed E-state index contributed by atoms with van der Waals surface area (Å²) in [5.41, 5.74) is 1.60. The summed E-state index contributed by atoms with van der Waals surface area (Å²) < 4.78 is 5.54. The number of ether oxygens (including phenoxy) is 1. The molecule has 6 nitrogen and oxygen atoms in total. The summed E-state index contributed by atoms with van der Waals surface area (Å²) in [5.74, 6) is 1.01. The first-order valence-electron chi connectivity index (χ1n) is 6.99. The van der Waals surface area contributed by atoms with Crippen molar-refractivity contribution in [3.8, 4) is 11.6 Å². The Bertz CT molecular complexity index is 822. The third kappa shape index (κ3) is 3.88. The zero-order valence-corrected chi connectivity index (χ0v) is 12.4. The third-order valence-electron chi connectivity index (χ3n) is 3.00. The summed E-state index contributed by atoms with van der Waals surface area (Å²) in [6, 6.07) is 12.5. The van der Waals surface area contributed by atoms with Gasteiger partial charge in [-0.25, -0.2) is 9.97 Å². The number of carbonyl (C=O) groups excluding carboxylic acids is 1. The molecule has 1 amide bonds. The highest BCUT2D eigenvalue weighted by Crippen LogP contribution is 2.19. The molecule has 2 aromatic heterocycles. The first-order valence-corrected chi connectivity index (χ1v) is 6.99. The molecule has 0 fully saturated rings. The molecule has 0 radical (unpaired) electrons. The standard InChI is InChI=1S/C17H14N4O2/c1-12-4-2-5-13(8-12)17(22)21-15-6-3-7-16(20-15)23-14-9-18-11-19-10-14/h2-11H,1H3,(H,20,21,22). The number of pyridine rings is 1. The second kappa shape index (κ2) is 6.65. The van der Waals surface area contributed by atoms with Gasteiger partial charge in [-0.3, -0.25) is 4.79 Å². The van der Waals surface area contributed by atoms with Crippen LogP contribution in [0, 0.1) is 6.92 Å². The van der Waals surface area contributed by atoms with E-state index in [2.05, 4.69) is 20.3 Å². The fraction of sp³-hybridized carbons (Fsp3) is 0.0588. The van der Waals surface area contributed by atoms with E-state index in [1.807, 2.05) is 25.1 Å². The van der Waals surface area contributed by atoms with Gasteiger partial charge >= 0.3 is 0 Å². The molecule has 0 spiro atoms. The number of hydrogen-bond acceptors (Lipinski definition) is 5. The van der Waals surface area contributed by atoms with E-state index in [4.69, 9.17) is 4.74 Å². The van der Waals surface area contributed by atoms with Crippen molar-refractivity contribution in [1.29, 1.82) is 0 Å². The Morgan fingerprint density at radius 2 is 1.87 bits per heavy atom. The van der Waals surface area contributed by atoms with Gasteiger partial charge in [-0.15, -0.1) is 0 Å². The molecule has 0 aliphatic carbocycles. The van der Waals surface area contributed by atoms with Gasteiger partial charge in [0.2, 0.25) is 5.88 Å². The summed E-state index contributed by atoms with van der Waals surface area (Å²) in [6.07, 6.45) is 4.48. The molecule has 0 atom stereocenters. The minimum absolute atomic E-state index is 0.221. The lowest BCUT2D eigenvalue weighted by molar-refractivity contribution is 0.102. The van der Waals surface area contributed by atoms with Crippen LogP contribution in [0.3, 0.4) is 0 Å². The Hall–Kier alpha value is -3.28. The van der Waals surface area contributed by atoms with Crippen molar-refractivity contribution in [1.82, 2.24) is 15.0 Å². The maximum atomic E-state index is 12.2. The molecular formula is C17H14N4O2. The SMILES string of the molecule is Cc1cccc(C(=O)Nc2cccc(Oc3cncnc3)n2)c1. The summed E-state index contributed by atoms with van der Waals surface area (Å²) in [4.78, 5) is 24.2. The van der Waals surface area contributed by atoms with E-state index in [9.17, 15) is 4.79 Å². The van der Waals surface area contributed by atoms with Crippen molar-refractivity contribution in [3.63, 3.8) is 0 Å². The van der Waals surface area contributed by atoms with Crippen LogP contribution in [-0.4, -0.2) is 20.9 Å². The molecule has 23 heavy (non-hydrogen) atoms. The lowest BCUT2D eigenvalue weighted by Gasteiger charge is -2.07. The Morgan fingerprint density at radius 1 is 1.09 bits per heavy atom. The number of nitrogens with one attached hydrogen (secondary N) is 1. The zero-order valence-electron chi connectivity index (χ0n) is 12.4. The van der Waals surface area contributed by atoms with Crippen molar-refractivity contribution >= 4 is 11.7 Å². The molecule has 2 heterocycles. The van der Waals surface area contributed by atoms with Crippen LogP contribution in [0.15, 0.2) is 61.2 Å². The molecule has 0 unspecified atom stereocenters. The number of carbonyl (C=O) groups is 1. The quantitative estimate of drug-likeness (QED) is 0.800. The molecule has 6 heteroatoms. The van der Waals surface area contributed by atoms with Crippen LogP contribution in [0.2, 0.25) is 0 Å². The Morgan fingerprint density at radius 3 is 2.65 bits per heavy atom. The molecule has 3 rings (SSSR count). The van der Waals surface area contributed by atoms with E-state index >= 15 is 0 Å². The van der Waals surface area contributed by atoms with Crippen LogP contribution in [-0.2, 0) is 0 Å². The van der Waals surface area contributed by atoms with E-state index < -0.39 is 0 Å². The molecule has 114 valence electrons. The van der Waals surface area contributed by atoms with Crippen LogP contribution in [0.25, 0.3) is 0 Å². The maximum Gasteiger partial charge on any atom is 0.256 e. The lowest BCUT2D eigenvalue weighted by Crippen LogP contribution is -2.13. The average molecular weight is 306 g/mol. The number of benzene rings is 1. The van der Waals surface area contributed by atoms with E-state index in [0.717, 1.165) is 5.56 Å². The Labute approximate surface area is 133 Å². The number of rotatable bonds is 4. The van der Waals surface area contributed by atoms with Gasteiger partial charge in [0.05, 0.1) is 12.4 Å². The Kier molecular flexibility index (Phi) is 4.24. The van der Waals surface area contributed by atoms with E-state index in [1.165, 1.54) is 18.7 Å². The molecule has 0 bridgehead atoms. The van der Waals surface area contributed by atoms with Gasteiger partial charge < -0.3 is 10.1 Å². The molecule has 0 aliphatic heterocycles. The molecule has 0 aliphatic rings. The second-order valence-electron chi connectivity index (χ2n) is 4.86. The third-order valence-corrected chi connectivity index (χ3v) is 3.00. The van der Waals surface area contributed by atoms with Gasteiger partial charge in [0.1, 0.15) is 12.1 Å². The Balaban J connectivity index is 1.74. The molecule has 1 N–H and O–H groups in total. The van der Waals surface area contributed by atoms with Crippen molar-refractivity contribution in [3.05, 3.63) is 72.3 Å². The highest BCUT2D eigenvalue weighted by molar-refractivity contribution is 6.03. The van der Waals surface area contributed by atoms with Crippen LogP contribution in [0.1, 0.15) is 15.9 Å². The fourth-order valence-corrected chi connectivity index (χ4v) is 1.97. The molecule has 1 aromatic carbocycles. The van der Waals surface area contributed by atoms with Gasteiger partial charge in [-0.2, -0.15) is 4.98 Å². The minimum Gasteiger partial charge on any atom is -0.436 e. The zero-order chi connectivity index (χ0) is 16.1. The second-order valence-corrected chi connectivity index (χ2v) is 4.86. The predicted octanol–water partition coefficient (Wildman–Crippen LogP) is 3.22. The van der Waals surface area contributed by atoms with Crippen LogP contribution in [0.5, 0.6) is 11.6 Å². The minimum atomic E-state index is -0.221. The van der Waals surface area contributed by atoms with Crippen molar-refractivity contribution in [2.45, 2.75) is 6.92 Å². The molecule has 0 saturated carbocycles. The first-order chi connectivity index (χ1) is 11.2. The molecule has 0 saturated heterocycles. The van der Waals surface area contributed by atoms with Gasteiger partial charge in [-0.05, 0) is 25.1 Å². The van der Waals surface area contributed by atoms with E-state index in [0.29, 0.717) is 23.0 Å². The van der Waals surface area contributed by atoms with Crippen molar-refractivity contribution in [2.75, 3.05) is 5.32 Å². The van der Waals surface area contributed by atoms with Crippen LogP contribution in [0.4, 0.5) is 5.82 Å². The largest absolute Gasteiger partial charge is 0.436 e. The summed E-state index contributed by atoms with van der Waals surface area (Å²) >= 11 is 0. The van der Waals surface area contributed by atoms with Gasteiger partial charge in [0.25, 0.3) is 5.91 Å². The van der Waals surface area contributed by atoms with Crippen molar-refractivity contribution in [2.24, 2.45) is 0 Å². The number of aromatic nitrogens is 3. The van der Waals surface area contributed by atoms with Crippen LogP contribution >= 0.6 is 0 Å². The lowest BCUT2D eigenvalue weighted by atomic mass is 10.1. The maximum absolute atomic E-state index is 12.2. The molecule has 3 aromatic rings. The summed E-state index contributed by atoms with van der Waals surface area (Å²) in [6.45, 7) is 1.94. The number of hydrogen-bond donors (Lipinski definition) is 1. The number of nitrogens with zero attached hydrogens (tertiary/aromatic N) is 3. The van der Waals surface area contributed by atoms with Crippen LogP contribution < -0.4 is 10.1 Å². The highest BCUT2D eigenvalue weighted by atomic mass is 16.5. The van der Waals surface area contributed by atoms with Gasteiger partial charge in [0.15, 0.2) is 5.75 Å². The smallest absolute Gasteiger partial charge is 0.256 e. The predicted molar refractivity (Wildman–Crippen MR) is 85.5 cm³/mol. The summed E-state index contributed by atoms with van der Waals surface area (Å²) in [7, 11) is 0. The summed E-state index contributed by atoms with van der Waals surface area (Å²) in [5, 5.41) is 2.75. The highest BCUT2D eigenvalue weighted by Gasteiger charge is 2.08. The monoisotopic (exact) mass is 306 g/mol. The number of aryl methyl sites for hydroxylation is 1. The topological polar surface area (TPSA) is 77.0 Å². The number of amides is 1. The first kappa shape index (κ1) is 14.6. The van der Waals surface area contributed by atoms with Gasteiger partial charge in [0, 0.05) is 11.6 Å². The number of anilines is 1. The molecular weight excluding hydrogens is 292 g/mol. The van der Waals surface area contributed by atoms with E-state index in [-0.39, 0.29) is 5.91 Å². The normalized spacial score (nSPS) is 10.1. The van der Waals surface area contributed by atoms with Crippen molar-refractivity contribution < 1.29 is 9.53 Å². The fourth-order valence-electron chi connectivity index (χ4n) is 1.97.